The van der Waals surface area contributed by atoms with Crippen molar-refractivity contribution < 1.29 is 17.6 Å². The second-order valence-corrected chi connectivity index (χ2v) is 10.1. The third-order valence-corrected chi connectivity index (χ3v) is 7.52. The molecule has 4 aromatic heterocycles. The standard InChI is InChI=1S/C29H28F4N4O/c1-17-11-13-35-26(30)25(17)20-9-7-19(8-10-20)23-14-21-6-5-18(2)36-27(21)37(28(23)38)16-24-22(4-3-12-34-24)15-29(31,32)33/h3-6,11-14,19-20H,7-10,15-16H2,1-2H3. The summed E-state index contributed by atoms with van der Waals surface area (Å²) in [6.07, 6.45) is 0.209. The van der Waals surface area contributed by atoms with Gasteiger partial charge >= 0.3 is 6.18 Å². The summed E-state index contributed by atoms with van der Waals surface area (Å²) < 4.78 is 55.6. The van der Waals surface area contributed by atoms with E-state index < -0.39 is 18.5 Å². The average molecular weight is 525 g/mol. The summed E-state index contributed by atoms with van der Waals surface area (Å²) in [6, 6.07) is 10.3. The largest absolute Gasteiger partial charge is 0.393 e. The van der Waals surface area contributed by atoms with Crippen molar-refractivity contribution in [2.45, 2.75) is 70.5 Å². The van der Waals surface area contributed by atoms with Crippen LogP contribution in [0, 0.1) is 19.8 Å². The zero-order chi connectivity index (χ0) is 27.0. The first-order valence-electron chi connectivity index (χ1n) is 12.7. The monoisotopic (exact) mass is 524 g/mol. The lowest BCUT2D eigenvalue weighted by Crippen LogP contribution is -2.29. The van der Waals surface area contributed by atoms with Crippen LogP contribution in [0.2, 0.25) is 0 Å². The van der Waals surface area contributed by atoms with Gasteiger partial charge in [-0.05, 0) is 92.8 Å². The van der Waals surface area contributed by atoms with Gasteiger partial charge in [-0.25, -0.2) is 9.97 Å². The van der Waals surface area contributed by atoms with Gasteiger partial charge in [0.05, 0.1) is 18.7 Å². The minimum Gasteiger partial charge on any atom is -0.286 e. The first kappa shape index (κ1) is 26.0. The van der Waals surface area contributed by atoms with Gasteiger partial charge < -0.3 is 0 Å². The van der Waals surface area contributed by atoms with Gasteiger partial charge in [0.15, 0.2) is 0 Å². The van der Waals surface area contributed by atoms with Gasteiger partial charge in [-0.1, -0.05) is 6.07 Å². The summed E-state index contributed by atoms with van der Waals surface area (Å²) in [4.78, 5) is 26.4. The second kappa shape index (κ2) is 10.3. The topological polar surface area (TPSA) is 60.7 Å². The number of rotatable bonds is 5. The van der Waals surface area contributed by atoms with Crippen LogP contribution < -0.4 is 5.56 Å². The molecule has 5 nitrogen and oxygen atoms in total. The maximum atomic E-state index is 14.5. The van der Waals surface area contributed by atoms with E-state index in [0.717, 1.165) is 10.9 Å². The molecule has 38 heavy (non-hydrogen) atoms. The van der Waals surface area contributed by atoms with Crippen molar-refractivity contribution in [1.82, 2.24) is 19.5 Å². The quantitative estimate of drug-likeness (QED) is 0.220. The number of halogens is 4. The van der Waals surface area contributed by atoms with Crippen LogP contribution in [0.15, 0.2) is 53.6 Å². The minimum absolute atomic E-state index is 0.0328. The minimum atomic E-state index is -4.40. The zero-order valence-corrected chi connectivity index (χ0v) is 21.2. The van der Waals surface area contributed by atoms with E-state index in [9.17, 15) is 22.4 Å². The number of pyridine rings is 4. The van der Waals surface area contributed by atoms with Gasteiger partial charge in [-0.15, -0.1) is 0 Å². The summed E-state index contributed by atoms with van der Waals surface area (Å²) in [5.74, 6) is -0.451. The van der Waals surface area contributed by atoms with Crippen LogP contribution in [-0.2, 0) is 13.0 Å². The predicted molar refractivity (Wildman–Crippen MR) is 137 cm³/mol. The first-order chi connectivity index (χ1) is 18.1. The molecule has 5 rings (SSSR count). The Labute approximate surface area is 217 Å². The van der Waals surface area contributed by atoms with Crippen LogP contribution in [0.4, 0.5) is 17.6 Å². The molecule has 1 aliphatic carbocycles. The molecule has 9 heteroatoms. The molecule has 1 fully saturated rings. The number of aromatic nitrogens is 4. The van der Waals surface area contributed by atoms with E-state index in [4.69, 9.17) is 0 Å². The van der Waals surface area contributed by atoms with Gasteiger partial charge in [-0.3, -0.25) is 14.3 Å². The summed E-state index contributed by atoms with van der Waals surface area (Å²) in [7, 11) is 0. The Bertz CT molecular complexity index is 1520. The maximum absolute atomic E-state index is 14.5. The van der Waals surface area contributed by atoms with E-state index in [-0.39, 0.29) is 35.2 Å². The Kier molecular flexibility index (Phi) is 7.03. The molecule has 1 saturated carbocycles. The van der Waals surface area contributed by atoms with Gasteiger partial charge in [0.25, 0.3) is 5.56 Å². The highest BCUT2D eigenvalue weighted by molar-refractivity contribution is 5.76. The molecule has 0 N–H and O–H groups in total. The van der Waals surface area contributed by atoms with Crippen LogP contribution in [0.1, 0.15) is 71.2 Å². The predicted octanol–water partition coefficient (Wildman–Crippen LogP) is 6.54. The fraction of sp³-hybridized carbons (Fsp3) is 0.379. The van der Waals surface area contributed by atoms with E-state index in [1.165, 1.54) is 29.1 Å². The third kappa shape index (κ3) is 5.33. The molecule has 0 aliphatic heterocycles. The lowest BCUT2D eigenvalue weighted by Gasteiger charge is -2.30. The van der Waals surface area contributed by atoms with E-state index in [1.54, 1.807) is 6.92 Å². The summed E-state index contributed by atoms with van der Waals surface area (Å²) in [5.41, 5.74) is 3.21. The summed E-state index contributed by atoms with van der Waals surface area (Å²) in [5, 5.41) is 0.745. The molecule has 0 bridgehead atoms. The van der Waals surface area contributed by atoms with Gasteiger partial charge in [0.1, 0.15) is 5.65 Å². The highest BCUT2D eigenvalue weighted by Gasteiger charge is 2.31. The second-order valence-electron chi connectivity index (χ2n) is 10.1. The Morgan fingerprint density at radius 3 is 2.42 bits per heavy atom. The highest BCUT2D eigenvalue weighted by atomic mass is 19.4. The first-order valence-corrected chi connectivity index (χ1v) is 12.7. The molecule has 4 heterocycles. The Morgan fingerprint density at radius 1 is 0.974 bits per heavy atom. The lowest BCUT2D eigenvalue weighted by molar-refractivity contribution is -0.127. The fourth-order valence-electron chi connectivity index (χ4n) is 5.66. The lowest BCUT2D eigenvalue weighted by atomic mass is 9.75. The van der Waals surface area contributed by atoms with Crippen molar-refractivity contribution in [3.8, 4) is 0 Å². The molecule has 198 valence electrons. The summed E-state index contributed by atoms with van der Waals surface area (Å²) >= 11 is 0. The molecule has 0 aromatic carbocycles. The van der Waals surface area contributed by atoms with E-state index >= 15 is 0 Å². The molecular weight excluding hydrogens is 496 g/mol. The average Bonchev–Trinajstić information content (AvgIpc) is 2.86. The molecule has 0 atom stereocenters. The number of hydrogen-bond donors (Lipinski definition) is 0. The fourth-order valence-corrected chi connectivity index (χ4v) is 5.66. The van der Waals surface area contributed by atoms with E-state index in [2.05, 4.69) is 15.0 Å². The van der Waals surface area contributed by atoms with Crippen LogP contribution in [0.25, 0.3) is 11.0 Å². The number of aryl methyl sites for hydroxylation is 2. The maximum Gasteiger partial charge on any atom is 0.393 e. The molecule has 4 aromatic rings. The van der Waals surface area contributed by atoms with Gasteiger partial charge in [0, 0.05) is 34.6 Å². The van der Waals surface area contributed by atoms with Crippen LogP contribution in [0.5, 0.6) is 0 Å². The molecule has 0 unspecified atom stereocenters. The van der Waals surface area contributed by atoms with Crippen LogP contribution in [0.3, 0.4) is 0 Å². The van der Waals surface area contributed by atoms with E-state index in [0.29, 0.717) is 48.2 Å². The van der Waals surface area contributed by atoms with Crippen molar-refractivity contribution in [1.29, 1.82) is 0 Å². The molecular formula is C29H28F4N4O. The molecule has 0 amide bonds. The SMILES string of the molecule is Cc1ccc2cc(C3CCC(c4c(C)ccnc4F)CC3)c(=O)n(Cc3ncccc3CC(F)(F)F)c2n1. The molecule has 0 saturated heterocycles. The molecule has 1 aliphatic rings. The molecule has 0 radical (unpaired) electrons. The Morgan fingerprint density at radius 2 is 1.71 bits per heavy atom. The Hall–Kier alpha value is -3.62. The van der Waals surface area contributed by atoms with Crippen molar-refractivity contribution in [3.63, 3.8) is 0 Å². The van der Waals surface area contributed by atoms with Crippen LogP contribution in [-0.4, -0.2) is 25.7 Å². The van der Waals surface area contributed by atoms with Crippen LogP contribution >= 0.6 is 0 Å². The number of alkyl halides is 3. The van der Waals surface area contributed by atoms with E-state index in [1.807, 2.05) is 31.2 Å². The summed E-state index contributed by atoms with van der Waals surface area (Å²) in [6.45, 7) is 3.58. The van der Waals surface area contributed by atoms with Gasteiger partial charge in [-0.2, -0.15) is 17.6 Å². The van der Waals surface area contributed by atoms with Crippen molar-refractivity contribution >= 4 is 11.0 Å². The zero-order valence-electron chi connectivity index (χ0n) is 21.2. The number of fused-ring (bicyclic) bond motifs is 1. The normalized spacial score (nSPS) is 18.2. The number of hydrogen-bond acceptors (Lipinski definition) is 4. The van der Waals surface area contributed by atoms with Crippen molar-refractivity contribution in [2.24, 2.45) is 0 Å². The van der Waals surface area contributed by atoms with Crippen molar-refractivity contribution in [2.75, 3.05) is 0 Å². The highest BCUT2D eigenvalue weighted by Crippen LogP contribution is 2.41. The smallest absolute Gasteiger partial charge is 0.286 e. The third-order valence-electron chi connectivity index (χ3n) is 7.52. The Balaban J connectivity index is 1.51. The number of nitrogens with zero attached hydrogens (tertiary/aromatic N) is 4. The molecule has 0 spiro atoms. The van der Waals surface area contributed by atoms with Gasteiger partial charge in [0.2, 0.25) is 5.95 Å². The van der Waals surface area contributed by atoms with Crippen molar-refractivity contribution in [3.05, 3.63) is 98.7 Å².